The molecule has 3 unspecified atom stereocenters. The minimum atomic E-state index is -0.509. The number of hydrogen-bond donors (Lipinski definition) is 1. The van der Waals surface area contributed by atoms with Gasteiger partial charge in [0.15, 0.2) is 0 Å². The number of ketones is 1. The Bertz CT molecular complexity index is 462. The molecule has 5 nitrogen and oxygen atoms in total. The van der Waals surface area contributed by atoms with E-state index in [0.717, 1.165) is 19.4 Å². The highest BCUT2D eigenvalue weighted by Crippen LogP contribution is 2.39. The van der Waals surface area contributed by atoms with Gasteiger partial charge < -0.3 is 10.2 Å². The van der Waals surface area contributed by atoms with Gasteiger partial charge in [0.25, 0.3) is 0 Å². The third kappa shape index (κ3) is 2.34. The van der Waals surface area contributed by atoms with E-state index < -0.39 is 5.41 Å². The maximum Gasteiger partial charge on any atom is 0.229 e. The van der Waals surface area contributed by atoms with Crippen LogP contribution < -0.4 is 5.32 Å². The Morgan fingerprint density at radius 1 is 1.30 bits per heavy atom. The van der Waals surface area contributed by atoms with E-state index >= 15 is 0 Å². The summed E-state index contributed by atoms with van der Waals surface area (Å²) >= 11 is 0. The summed E-state index contributed by atoms with van der Waals surface area (Å²) < 4.78 is 0. The quantitative estimate of drug-likeness (QED) is 0.774. The van der Waals surface area contributed by atoms with E-state index in [-0.39, 0.29) is 23.6 Å². The van der Waals surface area contributed by atoms with Crippen molar-refractivity contribution in [2.75, 3.05) is 13.1 Å². The summed E-state index contributed by atoms with van der Waals surface area (Å²) in [4.78, 5) is 37.7. The number of hydrogen-bond acceptors (Lipinski definition) is 3. The van der Waals surface area contributed by atoms with E-state index in [1.54, 1.807) is 0 Å². The molecule has 3 aliphatic rings. The van der Waals surface area contributed by atoms with E-state index in [1.807, 2.05) is 11.8 Å². The zero-order valence-corrected chi connectivity index (χ0v) is 12.0. The fourth-order valence-corrected chi connectivity index (χ4v) is 3.89. The molecule has 1 N–H and O–H groups in total. The minimum Gasteiger partial charge on any atom is -0.351 e. The van der Waals surface area contributed by atoms with Gasteiger partial charge in [-0.25, -0.2) is 0 Å². The predicted molar refractivity (Wildman–Crippen MR) is 72.8 cm³/mol. The number of nitrogens with zero attached hydrogens (tertiary/aromatic N) is 1. The molecule has 2 saturated heterocycles. The normalized spacial score (nSPS) is 37.5. The molecule has 0 radical (unpaired) electrons. The third-order valence-corrected chi connectivity index (χ3v) is 5.11. The Labute approximate surface area is 119 Å². The highest BCUT2D eigenvalue weighted by Gasteiger charge is 2.46. The molecule has 0 aromatic carbocycles. The Hall–Kier alpha value is -1.39. The summed E-state index contributed by atoms with van der Waals surface area (Å²) in [6.07, 6.45) is 4.09. The Morgan fingerprint density at radius 2 is 2.10 bits per heavy atom. The summed E-state index contributed by atoms with van der Waals surface area (Å²) in [5, 5.41) is 3.04. The molecule has 0 bridgehead atoms. The fraction of sp³-hybridized carbons (Fsp3) is 0.800. The average molecular weight is 278 g/mol. The average Bonchev–Trinajstić information content (AvgIpc) is 2.89. The summed E-state index contributed by atoms with van der Waals surface area (Å²) in [5.74, 6) is 0.786. The van der Waals surface area contributed by atoms with Crippen molar-refractivity contribution in [1.29, 1.82) is 0 Å². The third-order valence-electron chi connectivity index (χ3n) is 5.11. The SMILES string of the molecule is CC1(C(=O)N2CC3CCCC(=O)NC3C2)CCC(=O)C1. The van der Waals surface area contributed by atoms with Crippen molar-refractivity contribution in [2.45, 2.75) is 51.5 Å². The van der Waals surface area contributed by atoms with Crippen LogP contribution in [-0.2, 0) is 14.4 Å². The molecule has 2 amide bonds. The molecule has 3 atom stereocenters. The van der Waals surface area contributed by atoms with Crippen molar-refractivity contribution >= 4 is 17.6 Å². The lowest BCUT2D eigenvalue weighted by Gasteiger charge is -2.28. The second-order valence-corrected chi connectivity index (χ2v) is 6.81. The molecule has 5 heteroatoms. The van der Waals surface area contributed by atoms with Crippen LogP contribution in [0.5, 0.6) is 0 Å². The molecule has 3 fully saturated rings. The lowest BCUT2D eigenvalue weighted by Crippen LogP contribution is -2.43. The maximum atomic E-state index is 12.7. The van der Waals surface area contributed by atoms with Gasteiger partial charge >= 0.3 is 0 Å². The highest BCUT2D eigenvalue weighted by atomic mass is 16.2. The molecular weight excluding hydrogens is 256 g/mol. The van der Waals surface area contributed by atoms with Gasteiger partial charge in [0.2, 0.25) is 11.8 Å². The molecule has 0 aromatic rings. The molecule has 110 valence electrons. The molecule has 2 aliphatic heterocycles. The zero-order valence-electron chi connectivity index (χ0n) is 12.0. The van der Waals surface area contributed by atoms with Crippen LogP contribution in [-0.4, -0.2) is 41.6 Å². The van der Waals surface area contributed by atoms with Crippen molar-refractivity contribution in [3.05, 3.63) is 0 Å². The smallest absolute Gasteiger partial charge is 0.229 e. The molecule has 3 rings (SSSR count). The first kappa shape index (κ1) is 13.6. The van der Waals surface area contributed by atoms with Gasteiger partial charge in [0, 0.05) is 32.4 Å². The number of rotatable bonds is 1. The fourth-order valence-electron chi connectivity index (χ4n) is 3.89. The van der Waals surface area contributed by atoms with Gasteiger partial charge in [-0.15, -0.1) is 0 Å². The lowest BCUT2D eigenvalue weighted by molar-refractivity contribution is -0.141. The van der Waals surface area contributed by atoms with Crippen molar-refractivity contribution in [3.63, 3.8) is 0 Å². The van der Waals surface area contributed by atoms with Crippen LogP contribution in [0, 0.1) is 11.3 Å². The number of carbonyl (C=O) groups is 3. The Kier molecular flexibility index (Phi) is 3.30. The maximum absolute atomic E-state index is 12.7. The van der Waals surface area contributed by atoms with Gasteiger partial charge in [0.1, 0.15) is 5.78 Å². The summed E-state index contributed by atoms with van der Waals surface area (Å²) in [6, 6.07) is 0.106. The number of carbonyl (C=O) groups excluding carboxylic acids is 3. The van der Waals surface area contributed by atoms with E-state index in [4.69, 9.17) is 0 Å². The van der Waals surface area contributed by atoms with Crippen molar-refractivity contribution in [3.8, 4) is 0 Å². The summed E-state index contributed by atoms with van der Waals surface area (Å²) in [7, 11) is 0. The van der Waals surface area contributed by atoms with Crippen LogP contribution in [0.2, 0.25) is 0 Å². The van der Waals surface area contributed by atoms with Gasteiger partial charge in [-0.1, -0.05) is 6.92 Å². The number of Topliss-reactive ketones (excluding diaryl/α,β-unsaturated/α-hetero) is 1. The first-order valence-corrected chi connectivity index (χ1v) is 7.58. The molecule has 2 heterocycles. The first-order chi connectivity index (χ1) is 9.48. The van der Waals surface area contributed by atoms with E-state index in [1.165, 1.54) is 0 Å². The van der Waals surface area contributed by atoms with Gasteiger partial charge in [-0.2, -0.15) is 0 Å². The van der Waals surface area contributed by atoms with Crippen LogP contribution in [0.25, 0.3) is 0 Å². The summed E-state index contributed by atoms with van der Waals surface area (Å²) in [6.45, 7) is 3.25. The highest BCUT2D eigenvalue weighted by molar-refractivity contribution is 5.93. The Balaban J connectivity index is 1.69. The van der Waals surface area contributed by atoms with Crippen molar-refractivity contribution in [2.24, 2.45) is 11.3 Å². The monoisotopic (exact) mass is 278 g/mol. The van der Waals surface area contributed by atoms with Gasteiger partial charge in [0.05, 0.1) is 11.5 Å². The molecule has 1 saturated carbocycles. The number of nitrogens with one attached hydrogen (secondary N) is 1. The Morgan fingerprint density at radius 3 is 2.80 bits per heavy atom. The molecule has 0 spiro atoms. The zero-order chi connectivity index (χ0) is 14.3. The molecular formula is C15H22N2O3. The number of amides is 2. The standard InChI is InChI=1S/C15H22N2O3/c1-15(6-5-11(18)7-15)14(20)17-8-10-3-2-4-13(19)16-12(10)9-17/h10,12H,2-9H2,1H3,(H,16,19). The van der Waals surface area contributed by atoms with Crippen LogP contribution in [0.3, 0.4) is 0 Å². The lowest BCUT2D eigenvalue weighted by atomic mass is 9.87. The largest absolute Gasteiger partial charge is 0.351 e. The van der Waals surface area contributed by atoms with Gasteiger partial charge in [-0.3, -0.25) is 14.4 Å². The minimum absolute atomic E-state index is 0.102. The van der Waals surface area contributed by atoms with Crippen LogP contribution >= 0.6 is 0 Å². The molecule has 20 heavy (non-hydrogen) atoms. The van der Waals surface area contributed by atoms with Crippen molar-refractivity contribution < 1.29 is 14.4 Å². The summed E-state index contributed by atoms with van der Waals surface area (Å²) in [5.41, 5.74) is -0.509. The van der Waals surface area contributed by atoms with Gasteiger partial charge in [-0.05, 0) is 25.2 Å². The second-order valence-electron chi connectivity index (χ2n) is 6.81. The van der Waals surface area contributed by atoms with Crippen LogP contribution in [0.4, 0.5) is 0 Å². The van der Waals surface area contributed by atoms with Crippen LogP contribution in [0.15, 0.2) is 0 Å². The number of likely N-dealkylation sites (tertiary alicyclic amines) is 1. The predicted octanol–water partition coefficient (Wildman–Crippen LogP) is 0.873. The van der Waals surface area contributed by atoms with Crippen LogP contribution in [0.1, 0.15) is 45.4 Å². The molecule has 1 aliphatic carbocycles. The van der Waals surface area contributed by atoms with E-state index in [2.05, 4.69) is 5.32 Å². The topological polar surface area (TPSA) is 66.5 Å². The van der Waals surface area contributed by atoms with E-state index in [0.29, 0.717) is 38.1 Å². The molecule has 0 aromatic heterocycles. The second kappa shape index (κ2) is 4.86. The van der Waals surface area contributed by atoms with E-state index in [9.17, 15) is 14.4 Å². The van der Waals surface area contributed by atoms with Crippen molar-refractivity contribution in [1.82, 2.24) is 10.2 Å². The number of fused-ring (bicyclic) bond motifs is 1. The first-order valence-electron chi connectivity index (χ1n) is 7.58.